The van der Waals surface area contributed by atoms with Gasteiger partial charge in [-0.25, -0.2) is 9.67 Å². The summed E-state index contributed by atoms with van der Waals surface area (Å²) in [5.74, 6) is 0.410. The SMILES string of the molecule is O=C(NCc1ccnc(OC2CCCC2)c1)c1cn(-c2ccccc2)nc1-c1cccnc1. The third-order valence-corrected chi connectivity index (χ3v) is 5.76. The zero-order chi connectivity index (χ0) is 22.5. The van der Waals surface area contributed by atoms with Crippen LogP contribution in [0.3, 0.4) is 0 Å². The lowest BCUT2D eigenvalue weighted by Gasteiger charge is -2.13. The molecule has 0 atom stereocenters. The summed E-state index contributed by atoms with van der Waals surface area (Å²) in [5.41, 5.74) is 3.68. The van der Waals surface area contributed by atoms with Gasteiger partial charge in [0.1, 0.15) is 11.8 Å². The van der Waals surface area contributed by atoms with Crippen molar-refractivity contribution in [3.63, 3.8) is 0 Å². The molecule has 0 saturated heterocycles. The highest BCUT2D eigenvalue weighted by molar-refractivity contribution is 5.99. The number of nitrogens with one attached hydrogen (secondary N) is 1. The van der Waals surface area contributed by atoms with Gasteiger partial charge in [0.2, 0.25) is 5.88 Å². The number of ether oxygens (including phenoxy) is 1. The van der Waals surface area contributed by atoms with Gasteiger partial charge >= 0.3 is 0 Å². The Morgan fingerprint density at radius 1 is 1.06 bits per heavy atom. The van der Waals surface area contributed by atoms with Gasteiger partial charge in [0.05, 0.1) is 11.3 Å². The molecule has 1 amide bonds. The molecule has 1 saturated carbocycles. The molecule has 0 unspecified atom stereocenters. The highest BCUT2D eigenvalue weighted by Crippen LogP contribution is 2.24. The number of benzene rings is 1. The van der Waals surface area contributed by atoms with E-state index in [-0.39, 0.29) is 12.0 Å². The minimum Gasteiger partial charge on any atom is -0.474 e. The van der Waals surface area contributed by atoms with Crippen molar-refractivity contribution in [2.75, 3.05) is 0 Å². The third-order valence-electron chi connectivity index (χ3n) is 5.76. The number of nitrogens with zero attached hydrogens (tertiary/aromatic N) is 4. The highest BCUT2D eigenvalue weighted by Gasteiger charge is 2.20. The van der Waals surface area contributed by atoms with Crippen LogP contribution >= 0.6 is 0 Å². The average Bonchev–Trinajstić information content (AvgIpc) is 3.54. The van der Waals surface area contributed by atoms with Crippen molar-refractivity contribution < 1.29 is 9.53 Å². The van der Waals surface area contributed by atoms with E-state index in [2.05, 4.69) is 20.4 Å². The number of pyridine rings is 2. The molecule has 166 valence electrons. The zero-order valence-electron chi connectivity index (χ0n) is 18.2. The first kappa shape index (κ1) is 20.9. The van der Waals surface area contributed by atoms with Gasteiger partial charge in [0.25, 0.3) is 5.91 Å². The lowest BCUT2D eigenvalue weighted by molar-refractivity contribution is 0.0951. The number of amides is 1. The molecule has 4 aromatic rings. The molecule has 0 radical (unpaired) electrons. The Morgan fingerprint density at radius 2 is 1.91 bits per heavy atom. The molecule has 7 nitrogen and oxygen atoms in total. The van der Waals surface area contributed by atoms with Crippen LogP contribution in [-0.2, 0) is 6.54 Å². The molecule has 33 heavy (non-hydrogen) atoms. The van der Waals surface area contributed by atoms with Crippen LogP contribution in [0.5, 0.6) is 5.88 Å². The summed E-state index contributed by atoms with van der Waals surface area (Å²) in [6, 6.07) is 17.2. The maximum atomic E-state index is 13.2. The summed E-state index contributed by atoms with van der Waals surface area (Å²) in [5, 5.41) is 7.70. The molecule has 0 bridgehead atoms. The van der Waals surface area contributed by atoms with E-state index < -0.39 is 0 Å². The molecule has 7 heteroatoms. The van der Waals surface area contributed by atoms with Crippen molar-refractivity contribution in [2.24, 2.45) is 0 Å². The lowest BCUT2D eigenvalue weighted by atomic mass is 10.1. The van der Waals surface area contributed by atoms with Crippen LogP contribution < -0.4 is 10.1 Å². The second kappa shape index (κ2) is 9.65. The largest absolute Gasteiger partial charge is 0.474 e. The van der Waals surface area contributed by atoms with Crippen molar-refractivity contribution >= 4 is 5.91 Å². The topological polar surface area (TPSA) is 81.9 Å². The summed E-state index contributed by atoms with van der Waals surface area (Å²) < 4.78 is 7.71. The van der Waals surface area contributed by atoms with E-state index in [1.54, 1.807) is 29.5 Å². The van der Waals surface area contributed by atoms with Gasteiger partial charge in [-0.15, -0.1) is 0 Å². The molecule has 0 spiro atoms. The third kappa shape index (κ3) is 4.92. The average molecular weight is 440 g/mol. The van der Waals surface area contributed by atoms with E-state index in [1.165, 1.54) is 12.8 Å². The molecule has 3 aromatic heterocycles. The maximum absolute atomic E-state index is 13.2. The van der Waals surface area contributed by atoms with Crippen LogP contribution in [0, 0.1) is 0 Å². The van der Waals surface area contributed by atoms with Gasteiger partial charge in [-0.05, 0) is 61.6 Å². The normalized spacial score (nSPS) is 13.7. The molecular formula is C26H25N5O2. The van der Waals surface area contributed by atoms with Gasteiger partial charge in [-0.2, -0.15) is 5.10 Å². The predicted octanol–water partition coefficient (Wildman–Crippen LogP) is 4.58. The monoisotopic (exact) mass is 439 g/mol. The number of rotatable bonds is 7. The maximum Gasteiger partial charge on any atom is 0.255 e. The number of carbonyl (C=O) groups is 1. The van der Waals surface area contributed by atoms with E-state index in [4.69, 9.17) is 4.74 Å². The number of para-hydroxylation sites is 1. The van der Waals surface area contributed by atoms with Gasteiger partial charge in [-0.1, -0.05) is 18.2 Å². The molecule has 0 aliphatic heterocycles. The smallest absolute Gasteiger partial charge is 0.255 e. The van der Waals surface area contributed by atoms with Crippen LogP contribution in [0.25, 0.3) is 16.9 Å². The van der Waals surface area contributed by atoms with E-state index in [1.807, 2.05) is 54.6 Å². The molecule has 5 rings (SSSR count). The number of hydrogen-bond donors (Lipinski definition) is 1. The summed E-state index contributed by atoms with van der Waals surface area (Å²) in [6.07, 6.45) is 11.7. The van der Waals surface area contributed by atoms with Crippen LogP contribution in [0.2, 0.25) is 0 Å². The molecule has 1 aliphatic rings. The Hall–Kier alpha value is -4.00. The summed E-state index contributed by atoms with van der Waals surface area (Å²) in [7, 11) is 0. The molecular weight excluding hydrogens is 414 g/mol. The fourth-order valence-electron chi connectivity index (χ4n) is 4.05. The Bertz CT molecular complexity index is 1220. The molecule has 1 fully saturated rings. The fraction of sp³-hybridized carbons (Fsp3) is 0.231. The van der Waals surface area contributed by atoms with Crippen LogP contribution in [-0.4, -0.2) is 31.8 Å². The molecule has 3 heterocycles. The molecule has 1 N–H and O–H groups in total. The van der Waals surface area contributed by atoms with Crippen LogP contribution in [0.4, 0.5) is 0 Å². The van der Waals surface area contributed by atoms with Gasteiger partial charge in [-0.3, -0.25) is 9.78 Å². The van der Waals surface area contributed by atoms with Crippen LogP contribution in [0.15, 0.2) is 79.4 Å². The fourth-order valence-corrected chi connectivity index (χ4v) is 4.05. The van der Waals surface area contributed by atoms with Crippen molar-refractivity contribution in [2.45, 2.75) is 38.3 Å². The Labute approximate surface area is 192 Å². The Kier molecular flexibility index (Phi) is 6.10. The zero-order valence-corrected chi connectivity index (χ0v) is 18.2. The van der Waals surface area contributed by atoms with E-state index in [0.717, 1.165) is 29.7 Å². The van der Waals surface area contributed by atoms with E-state index in [0.29, 0.717) is 23.7 Å². The van der Waals surface area contributed by atoms with Crippen molar-refractivity contribution in [3.8, 4) is 22.8 Å². The van der Waals surface area contributed by atoms with Gasteiger partial charge in [0, 0.05) is 43.0 Å². The van der Waals surface area contributed by atoms with Crippen molar-refractivity contribution in [3.05, 3.63) is 90.5 Å². The number of aromatic nitrogens is 4. The quantitative estimate of drug-likeness (QED) is 0.456. The van der Waals surface area contributed by atoms with E-state index in [9.17, 15) is 4.79 Å². The first-order valence-corrected chi connectivity index (χ1v) is 11.2. The minimum atomic E-state index is -0.203. The molecule has 1 aliphatic carbocycles. The second-order valence-electron chi connectivity index (χ2n) is 8.12. The number of carbonyl (C=O) groups excluding carboxylic acids is 1. The second-order valence-corrected chi connectivity index (χ2v) is 8.12. The minimum absolute atomic E-state index is 0.203. The summed E-state index contributed by atoms with van der Waals surface area (Å²) >= 11 is 0. The van der Waals surface area contributed by atoms with Crippen molar-refractivity contribution in [1.82, 2.24) is 25.1 Å². The van der Waals surface area contributed by atoms with Gasteiger partial charge < -0.3 is 10.1 Å². The van der Waals surface area contributed by atoms with Crippen molar-refractivity contribution in [1.29, 1.82) is 0 Å². The highest BCUT2D eigenvalue weighted by atomic mass is 16.5. The van der Waals surface area contributed by atoms with Gasteiger partial charge in [0.15, 0.2) is 0 Å². The molecule has 1 aromatic carbocycles. The summed E-state index contributed by atoms with van der Waals surface area (Å²) in [6.45, 7) is 0.366. The number of hydrogen-bond acceptors (Lipinski definition) is 5. The Morgan fingerprint density at radius 3 is 2.70 bits per heavy atom. The standard InChI is InChI=1S/C26H25N5O2/c32-26(29-16-19-12-14-28-24(15-19)33-22-10-4-5-11-22)23-18-31(21-8-2-1-3-9-21)30-25(23)20-7-6-13-27-17-20/h1-3,6-9,12-15,17-18,22H,4-5,10-11,16H2,(H,29,32). The Balaban J connectivity index is 1.35. The lowest BCUT2D eigenvalue weighted by Crippen LogP contribution is -2.23. The predicted molar refractivity (Wildman–Crippen MR) is 125 cm³/mol. The summed E-state index contributed by atoms with van der Waals surface area (Å²) in [4.78, 5) is 21.7. The van der Waals surface area contributed by atoms with E-state index >= 15 is 0 Å². The van der Waals surface area contributed by atoms with Crippen LogP contribution in [0.1, 0.15) is 41.6 Å². The first-order valence-electron chi connectivity index (χ1n) is 11.2. The first-order chi connectivity index (χ1) is 16.3.